The number of nitrogens with two attached hydrogens (primary N) is 1. The summed E-state index contributed by atoms with van der Waals surface area (Å²) in [4.78, 5) is 16.3. The van der Waals surface area contributed by atoms with E-state index in [0.717, 1.165) is 0 Å². The molecular formula is C24H30F2N4O5. The Hall–Kier alpha value is -3.47. The van der Waals surface area contributed by atoms with Gasteiger partial charge in [0.2, 0.25) is 0 Å². The zero-order valence-electron chi connectivity index (χ0n) is 20.3. The second kappa shape index (κ2) is 10.4. The Morgan fingerprint density at radius 1 is 1.17 bits per heavy atom. The number of alkyl halides is 2. The fourth-order valence-corrected chi connectivity index (χ4v) is 2.97. The number of benzene rings is 1. The number of methoxy groups -OCH3 is 1. The normalized spacial score (nSPS) is 13.7. The molecule has 1 aliphatic carbocycles. The van der Waals surface area contributed by atoms with E-state index in [1.807, 2.05) is 0 Å². The van der Waals surface area contributed by atoms with Crippen molar-refractivity contribution in [2.75, 3.05) is 7.11 Å². The molecule has 0 aliphatic heterocycles. The van der Waals surface area contributed by atoms with Crippen molar-refractivity contribution < 1.29 is 32.9 Å². The predicted octanol–water partition coefficient (Wildman–Crippen LogP) is 4.12. The van der Waals surface area contributed by atoms with E-state index in [2.05, 4.69) is 14.8 Å². The molecule has 1 amide bonds. The number of nitrogens with zero attached hydrogens (tertiary/aromatic N) is 3. The summed E-state index contributed by atoms with van der Waals surface area (Å²) in [6.07, 6.45) is 7.07. The first-order chi connectivity index (χ1) is 16.4. The third-order valence-electron chi connectivity index (χ3n) is 5.35. The molecule has 0 radical (unpaired) electrons. The van der Waals surface area contributed by atoms with Gasteiger partial charge in [-0.25, -0.2) is 9.50 Å². The van der Waals surface area contributed by atoms with Crippen molar-refractivity contribution in [1.29, 1.82) is 0 Å². The molecule has 3 aromatic rings. The molecule has 0 spiro atoms. The second-order valence-corrected chi connectivity index (χ2v) is 8.79. The van der Waals surface area contributed by atoms with Gasteiger partial charge in [-0.2, -0.15) is 13.9 Å². The van der Waals surface area contributed by atoms with Gasteiger partial charge in [0.25, 0.3) is 5.91 Å². The van der Waals surface area contributed by atoms with Gasteiger partial charge in [0, 0.05) is 5.56 Å². The zero-order valence-corrected chi connectivity index (χ0v) is 20.3. The van der Waals surface area contributed by atoms with Crippen LogP contribution < -0.4 is 19.9 Å². The summed E-state index contributed by atoms with van der Waals surface area (Å²) in [6, 6.07) is 2.72. The van der Waals surface area contributed by atoms with Crippen molar-refractivity contribution in [3.8, 4) is 28.4 Å². The van der Waals surface area contributed by atoms with Crippen molar-refractivity contribution in [2.45, 2.75) is 65.3 Å². The number of aromatic nitrogens is 3. The summed E-state index contributed by atoms with van der Waals surface area (Å²) >= 11 is 0. The van der Waals surface area contributed by atoms with Crippen molar-refractivity contribution in [2.24, 2.45) is 5.73 Å². The maximum atomic E-state index is 12.9. The number of carbonyl (C=O) groups is 1. The topological polar surface area (TPSA) is 121 Å². The summed E-state index contributed by atoms with van der Waals surface area (Å²) in [5.74, 6) is -0.997. The molecule has 1 aromatic carbocycles. The van der Waals surface area contributed by atoms with Crippen LogP contribution in [0.3, 0.4) is 0 Å². The van der Waals surface area contributed by atoms with Crippen LogP contribution in [0.4, 0.5) is 8.78 Å². The number of ether oxygens (including phenoxy) is 3. The van der Waals surface area contributed by atoms with E-state index in [1.54, 1.807) is 33.9 Å². The maximum absolute atomic E-state index is 12.9. The molecule has 1 fully saturated rings. The van der Waals surface area contributed by atoms with E-state index in [1.165, 1.54) is 49.2 Å². The van der Waals surface area contributed by atoms with Crippen LogP contribution in [0, 0.1) is 6.92 Å². The molecule has 190 valence electrons. The lowest BCUT2D eigenvalue weighted by Gasteiger charge is -2.27. The summed E-state index contributed by atoms with van der Waals surface area (Å²) < 4.78 is 42.8. The van der Waals surface area contributed by atoms with Crippen molar-refractivity contribution >= 4 is 11.6 Å². The Balaban J connectivity index is 0.00000106. The molecule has 11 heteroatoms. The monoisotopic (exact) mass is 492 g/mol. The van der Waals surface area contributed by atoms with E-state index in [0.29, 0.717) is 28.2 Å². The Morgan fingerprint density at radius 3 is 2.31 bits per heavy atom. The number of carbonyl (C=O) groups excluding carboxylic acids is 1. The van der Waals surface area contributed by atoms with Crippen LogP contribution >= 0.6 is 0 Å². The highest BCUT2D eigenvalue weighted by Gasteiger charge is 2.26. The van der Waals surface area contributed by atoms with Crippen molar-refractivity contribution in [3.63, 3.8) is 0 Å². The van der Waals surface area contributed by atoms with Gasteiger partial charge >= 0.3 is 6.61 Å². The average molecular weight is 493 g/mol. The van der Waals surface area contributed by atoms with E-state index in [4.69, 9.17) is 15.2 Å². The molecule has 1 aliphatic rings. The molecule has 3 N–H and O–H groups in total. The van der Waals surface area contributed by atoms with Gasteiger partial charge in [-0.15, -0.1) is 0 Å². The molecule has 0 bridgehead atoms. The Morgan fingerprint density at radius 2 is 1.80 bits per heavy atom. The van der Waals surface area contributed by atoms with Gasteiger partial charge in [-0.3, -0.25) is 4.79 Å². The van der Waals surface area contributed by atoms with Crippen LogP contribution in [-0.2, 0) is 0 Å². The van der Waals surface area contributed by atoms with Crippen LogP contribution in [0.2, 0.25) is 0 Å². The number of primary amides is 1. The highest BCUT2D eigenvalue weighted by Crippen LogP contribution is 2.37. The van der Waals surface area contributed by atoms with Crippen LogP contribution in [0.25, 0.3) is 16.8 Å². The minimum atomic E-state index is -3.17. The fraction of sp³-hybridized carbons (Fsp3) is 0.458. The van der Waals surface area contributed by atoms with Gasteiger partial charge in [0.05, 0.1) is 30.8 Å². The lowest BCUT2D eigenvalue weighted by Crippen LogP contribution is -2.38. The molecular weight excluding hydrogens is 462 g/mol. The molecule has 2 aromatic heterocycles. The van der Waals surface area contributed by atoms with Gasteiger partial charge in [-0.05, 0) is 45.4 Å². The molecule has 2 heterocycles. The summed E-state index contributed by atoms with van der Waals surface area (Å²) in [5, 5.41) is 14.4. The minimum absolute atomic E-state index is 0.0272. The fourth-order valence-electron chi connectivity index (χ4n) is 2.97. The van der Waals surface area contributed by atoms with Crippen LogP contribution in [0.5, 0.6) is 17.2 Å². The molecule has 0 saturated heterocycles. The Labute approximate surface area is 201 Å². The van der Waals surface area contributed by atoms with Gasteiger partial charge in [-0.1, -0.05) is 19.3 Å². The first kappa shape index (κ1) is 26.1. The quantitative estimate of drug-likeness (QED) is 0.485. The Bertz CT molecular complexity index is 1200. The van der Waals surface area contributed by atoms with Crippen LogP contribution in [0.1, 0.15) is 56.1 Å². The number of rotatable bonds is 8. The van der Waals surface area contributed by atoms with Crippen molar-refractivity contribution in [3.05, 3.63) is 35.8 Å². The number of hydrogen-bond donors (Lipinski definition) is 2. The number of aryl methyl sites for hydroxylation is 1. The molecule has 1 saturated carbocycles. The first-order valence-corrected chi connectivity index (χ1v) is 11.1. The number of halogens is 2. The number of hydrogen-bond acceptors (Lipinski definition) is 7. The predicted molar refractivity (Wildman–Crippen MR) is 125 cm³/mol. The smallest absolute Gasteiger partial charge is 0.387 e. The van der Waals surface area contributed by atoms with Gasteiger partial charge in [0.1, 0.15) is 23.2 Å². The van der Waals surface area contributed by atoms with E-state index in [9.17, 15) is 18.7 Å². The number of fused-ring (bicyclic) bond motifs is 1. The summed E-state index contributed by atoms with van der Waals surface area (Å²) in [6.45, 7) is 3.55. The SMILES string of the molecule is C1CC1.COc1cc(-c2cnn3cc(O[C@@H](C)C(C)(C)O)c(C)nc23)cc(OC(F)F)c1C(N)=O. The van der Waals surface area contributed by atoms with Crippen LogP contribution in [-0.4, -0.2) is 51.0 Å². The lowest BCUT2D eigenvalue weighted by molar-refractivity contribution is -0.0502. The van der Waals surface area contributed by atoms with E-state index in [-0.39, 0.29) is 11.3 Å². The highest BCUT2D eigenvalue weighted by molar-refractivity contribution is 6.00. The molecule has 1 atom stereocenters. The van der Waals surface area contributed by atoms with Gasteiger partial charge < -0.3 is 25.1 Å². The van der Waals surface area contributed by atoms with E-state index < -0.39 is 30.0 Å². The molecule has 35 heavy (non-hydrogen) atoms. The largest absolute Gasteiger partial charge is 0.496 e. The number of aliphatic hydroxyl groups is 1. The van der Waals surface area contributed by atoms with Crippen LogP contribution in [0.15, 0.2) is 24.5 Å². The standard InChI is InChI=1S/C21H24F2N4O5.C3H6/c1-10-16(31-11(2)21(3,4)29)9-27-19(26-10)13(8-25-27)12-6-14(30-5)17(18(24)28)15(7-12)32-20(22)23;1-2-3-1/h6-9,11,20,29H,1-5H3,(H2,24,28);1-3H2/t11-;/m0./s1. The molecule has 0 unspecified atom stereocenters. The average Bonchev–Trinajstić information content (AvgIpc) is 3.59. The third-order valence-corrected chi connectivity index (χ3v) is 5.35. The molecule has 4 rings (SSSR count). The Kier molecular flexibility index (Phi) is 7.79. The molecule has 9 nitrogen and oxygen atoms in total. The lowest BCUT2D eigenvalue weighted by atomic mass is 10.0. The van der Waals surface area contributed by atoms with Gasteiger partial charge in [0.15, 0.2) is 11.4 Å². The number of amides is 1. The zero-order chi connectivity index (χ0) is 25.9. The van der Waals surface area contributed by atoms with E-state index >= 15 is 0 Å². The second-order valence-electron chi connectivity index (χ2n) is 8.79. The highest BCUT2D eigenvalue weighted by atomic mass is 19.3. The maximum Gasteiger partial charge on any atom is 0.387 e. The summed E-state index contributed by atoms with van der Waals surface area (Å²) in [7, 11) is 1.28. The summed E-state index contributed by atoms with van der Waals surface area (Å²) in [5.41, 5.74) is 5.74. The third kappa shape index (κ3) is 6.36. The van der Waals surface area contributed by atoms with Crippen molar-refractivity contribution in [1.82, 2.24) is 14.6 Å². The minimum Gasteiger partial charge on any atom is -0.496 e. The first-order valence-electron chi connectivity index (χ1n) is 11.1.